The molecule has 2 aromatic rings. The molecule has 0 aliphatic carbocycles. The average Bonchev–Trinajstić information content (AvgIpc) is 2.95. The monoisotopic (exact) mass is 330 g/mol. The number of aromatic nitrogens is 1. The first-order valence-corrected chi connectivity index (χ1v) is 8.29. The van der Waals surface area contributed by atoms with Crippen LogP contribution in [0.5, 0.6) is 0 Å². The normalized spacial score (nSPS) is 22.7. The van der Waals surface area contributed by atoms with Crippen molar-refractivity contribution in [3.8, 4) is 0 Å². The third-order valence-corrected chi connectivity index (χ3v) is 4.99. The van der Waals surface area contributed by atoms with Crippen LogP contribution < -0.4 is 0 Å². The second kappa shape index (κ2) is 6.22. The van der Waals surface area contributed by atoms with Crippen molar-refractivity contribution >= 4 is 0 Å². The molecule has 4 rings (SSSR count). The lowest BCUT2D eigenvalue weighted by molar-refractivity contribution is -0.0146. The lowest BCUT2D eigenvalue weighted by Crippen LogP contribution is -2.56. The van der Waals surface area contributed by atoms with E-state index in [9.17, 15) is 8.78 Å². The van der Waals surface area contributed by atoms with Crippen LogP contribution in [0.3, 0.4) is 0 Å². The minimum Gasteiger partial charge on any atom is -0.377 e. The number of nitrogens with zero attached hydrogens (tertiary/aromatic N) is 2. The number of benzene rings is 1. The second-order valence-corrected chi connectivity index (χ2v) is 7.08. The van der Waals surface area contributed by atoms with Crippen LogP contribution in [0.1, 0.15) is 17.5 Å². The number of rotatable bonds is 4. The predicted octanol–water partition coefficient (Wildman–Crippen LogP) is 3.19. The summed E-state index contributed by atoms with van der Waals surface area (Å²) in [6.45, 7) is 2.97. The molecular formula is C19H20F2N2O. The maximum atomic E-state index is 13.7. The maximum Gasteiger partial charge on any atom is 0.127 e. The van der Waals surface area contributed by atoms with Crippen LogP contribution in [0.4, 0.5) is 8.78 Å². The zero-order valence-corrected chi connectivity index (χ0v) is 13.4. The summed E-state index contributed by atoms with van der Waals surface area (Å²) in [6, 6.07) is 7.66. The number of likely N-dealkylation sites (tertiary alicyclic amines) is 1. The molecule has 0 radical (unpaired) electrons. The Morgan fingerprint density at radius 2 is 2.12 bits per heavy atom. The predicted molar refractivity (Wildman–Crippen MR) is 86.4 cm³/mol. The van der Waals surface area contributed by atoms with Crippen molar-refractivity contribution in [1.29, 1.82) is 0 Å². The molecule has 1 unspecified atom stereocenters. The van der Waals surface area contributed by atoms with E-state index in [1.54, 1.807) is 6.20 Å². The topological polar surface area (TPSA) is 25.4 Å². The van der Waals surface area contributed by atoms with Crippen LogP contribution >= 0.6 is 0 Å². The van der Waals surface area contributed by atoms with Crippen molar-refractivity contribution in [2.75, 3.05) is 19.7 Å². The Balaban J connectivity index is 1.31. The van der Waals surface area contributed by atoms with Gasteiger partial charge in [-0.3, -0.25) is 9.88 Å². The minimum atomic E-state index is -0.387. The quantitative estimate of drug-likeness (QED) is 0.861. The molecular weight excluding hydrogens is 310 g/mol. The van der Waals surface area contributed by atoms with Gasteiger partial charge in [0.15, 0.2) is 0 Å². The first-order valence-electron chi connectivity index (χ1n) is 8.29. The fourth-order valence-corrected chi connectivity index (χ4v) is 3.95. The Hall–Kier alpha value is -1.85. The third-order valence-electron chi connectivity index (χ3n) is 4.99. The van der Waals surface area contributed by atoms with Gasteiger partial charge in [0, 0.05) is 49.4 Å². The Labute approximate surface area is 140 Å². The Morgan fingerprint density at radius 3 is 2.92 bits per heavy atom. The molecule has 2 aliphatic rings. The molecule has 1 atom stereocenters. The molecule has 0 saturated carbocycles. The summed E-state index contributed by atoms with van der Waals surface area (Å²) in [6.07, 6.45) is 5.78. The SMILES string of the molecule is Fc1ccc(F)c(CN2CC3(COC(Cc4cccnc4)C3)C2)c1. The Morgan fingerprint density at radius 1 is 1.25 bits per heavy atom. The summed E-state index contributed by atoms with van der Waals surface area (Å²) in [4.78, 5) is 6.30. The molecule has 1 aromatic heterocycles. The molecule has 24 heavy (non-hydrogen) atoms. The summed E-state index contributed by atoms with van der Waals surface area (Å²) >= 11 is 0. The van der Waals surface area contributed by atoms with Gasteiger partial charge in [-0.1, -0.05) is 6.07 Å². The zero-order chi connectivity index (χ0) is 16.6. The van der Waals surface area contributed by atoms with Crippen molar-refractivity contribution in [3.05, 3.63) is 65.5 Å². The molecule has 3 nitrogen and oxygen atoms in total. The lowest BCUT2D eigenvalue weighted by Gasteiger charge is -2.47. The van der Waals surface area contributed by atoms with E-state index in [0.717, 1.165) is 38.6 Å². The van der Waals surface area contributed by atoms with Crippen LogP contribution in [0, 0.1) is 17.0 Å². The fourth-order valence-electron chi connectivity index (χ4n) is 3.95. The molecule has 3 heterocycles. The third kappa shape index (κ3) is 3.19. The molecule has 0 bridgehead atoms. The summed E-state index contributed by atoms with van der Waals surface area (Å²) in [5.41, 5.74) is 1.80. The molecule has 1 aromatic carbocycles. The minimum absolute atomic E-state index is 0.177. The molecule has 2 fully saturated rings. The lowest BCUT2D eigenvalue weighted by atomic mass is 9.77. The number of ether oxygens (including phenoxy) is 1. The van der Waals surface area contributed by atoms with E-state index < -0.39 is 0 Å². The molecule has 5 heteroatoms. The van der Waals surface area contributed by atoms with Gasteiger partial charge in [0.05, 0.1) is 12.7 Å². The van der Waals surface area contributed by atoms with Gasteiger partial charge in [0.25, 0.3) is 0 Å². The molecule has 1 spiro atoms. The van der Waals surface area contributed by atoms with E-state index in [2.05, 4.69) is 16.0 Å². The Kier molecular flexibility index (Phi) is 4.06. The smallest absolute Gasteiger partial charge is 0.127 e. The van der Waals surface area contributed by atoms with Gasteiger partial charge in [0.2, 0.25) is 0 Å². The van der Waals surface area contributed by atoms with Crippen molar-refractivity contribution in [3.63, 3.8) is 0 Å². The summed E-state index contributed by atoms with van der Waals surface area (Å²) in [7, 11) is 0. The molecule has 0 N–H and O–H groups in total. The van der Waals surface area contributed by atoms with Crippen molar-refractivity contribution in [2.24, 2.45) is 5.41 Å². The van der Waals surface area contributed by atoms with Crippen LogP contribution in [-0.4, -0.2) is 35.7 Å². The van der Waals surface area contributed by atoms with E-state index in [4.69, 9.17) is 4.74 Å². The van der Waals surface area contributed by atoms with Gasteiger partial charge in [-0.2, -0.15) is 0 Å². The molecule has 0 amide bonds. The highest BCUT2D eigenvalue weighted by molar-refractivity contribution is 5.19. The van der Waals surface area contributed by atoms with E-state index in [0.29, 0.717) is 12.1 Å². The van der Waals surface area contributed by atoms with E-state index in [-0.39, 0.29) is 23.2 Å². The highest BCUT2D eigenvalue weighted by atomic mass is 19.1. The van der Waals surface area contributed by atoms with Crippen LogP contribution in [0.25, 0.3) is 0 Å². The van der Waals surface area contributed by atoms with Crippen LogP contribution in [-0.2, 0) is 17.7 Å². The van der Waals surface area contributed by atoms with Crippen LogP contribution in [0.2, 0.25) is 0 Å². The van der Waals surface area contributed by atoms with Gasteiger partial charge in [0.1, 0.15) is 11.6 Å². The largest absolute Gasteiger partial charge is 0.377 e. The van der Waals surface area contributed by atoms with Gasteiger partial charge < -0.3 is 4.74 Å². The van der Waals surface area contributed by atoms with Gasteiger partial charge in [-0.15, -0.1) is 0 Å². The van der Waals surface area contributed by atoms with Gasteiger partial charge >= 0.3 is 0 Å². The summed E-state index contributed by atoms with van der Waals surface area (Å²) in [5.74, 6) is -0.725. The van der Waals surface area contributed by atoms with Crippen molar-refractivity contribution in [1.82, 2.24) is 9.88 Å². The number of pyridine rings is 1. The van der Waals surface area contributed by atoms with Crippen molar-refractivity contribution in [2.45, 2.75) is 25.5 Å². The maximum absolute atomic E-state index is 13.7. The van der Waals surface area contributed by atoms with E-state index >= 15 is 0 Å². The average molecular weight is 330 g/mol. The Bertz CT molecular complexity index is 717. The van der Waals surface area contributed by atoms with Crippen LogP contribution in [0.15, 0.2) is 42.7 Å². The summed E-state index contributed by atoms with van der Waals surface area (Å²) in [5, 5.41) is 0. The second-order valence-electron chi connectivity index (χ2n) is 7.08. The van der Waals surface area contributed by atoms with E-state index in [1.807, 2.05) is 12.3 Å². The van der Waals surface area contributed by atoms with Crippen molar-refractivity contribution < 1.29 is 13.5 Å². The first-order chi connectivity index (χ1) is 11.6. The number of halogens is 2. The molecule has 126 valence electrons. The van der Waals surface area contributed by atoms with Gasteiger partial charge in [-0.25, -0.2) is 8.78 Å². The number of hydrogen-bond acceptors (Lipinski definition) is 3. The highest BCUT2D eigenvalue weighted by Crippen LogP contribution is 2.42. The summed E-state index contributed by atoms with van der Waals surface area (Å²) < 4.78 is 33.0. The first kappa shape index (κ1) is 15.7. The fraction of sp³-hybridized carbons (Fsp3) is 0.421. The highest BCUT2D eigenvalue weighted by Gasteiger charge is 2.48. The zero-order valence-electron chi connectivity index (χ0n) is 13.4. The standard InChI is InChI=1S/C19H20F2N2O/c20-16-3-4-18(21)15(7-16)10-23-11-19(12-23)8-17(24-13-19)6-14-2-1-5-22-9-14/h1-5,7,9,17H,6,8,10-13H2. The molecule has 2 aliphatic heterocycles. The van der Waals surface area contributed by atoms with E-state index in [1.165, 1.54) is 17.7 Å². The number of hydrogen-bond donors (Lipinski definition) is 0. The molecule has 2 saturated heterocycles. The van der Waals surface area contributed by atoms with Gasteiger partial charge in [-0.05, 0) is 36.2 Å².